The molecule has 320 valence electrons. The highest BCUT2D eigenvalue weighted by Gasteiger charge is 2.51. The van der Waals surface area contributed by atoms with Crippen molar-refractivity contribution in [2.24, 2.45) is 0 Å². The monoisotopic (exact) mass is 797 g/mol. The number of aliphatic hydroxyl groups excluding tert-OH is 5. The van der Waals surface area contributed by atoms with Crippen LogP contribution >= 0.6 is 7.82 Å². The van der Waals surface area contributed by atoms with Gasteiger partial charge in [0.25, 0.3) is 0 Å². The van der Waals surface area contributed by atoms with Gasteiger partial charge in [0, 0.05) is 13.3 Å². The molecule has 0 aromatic rings. The van der Waals surface area contributed by atoms with Crippen molar-refractivity contribution in [3.05, 3.63) is 0 Å². The lowest BCUT2D eigenvalue weighted by Gasteiger charge is -2.41. The van der Waals surface area contributed by atoms with E-state index in [1.165, 1.54) is 141 Å². The standard InChI is InChI=1S/C40H77O13P/c1-3-4-5-6-7-8-9-10-11-12-13-14-15-16-17-18-19-20-21-22-23-24-25-26-27-28-29-34(42)50-30-33(52-32(2)41)31-51-54(48,49)53-40-38(46)36(44)35(43)37(45)39(40)47/h33,35-40,43-47H,3-31H2,1-2H3,(H,48,49)/t33-,35?,36-,37?,38?,39?,40?/m1/s1. The lowest BCUT2D eigenvalue weighted by molar-refractivity contribution is -0.220. The van der Waals surface area contributed by atoms with Crippen molar-refractivity contribution < 1.29 is 63.1 Å². The molecule has 54 heavy (non-hydrogen) atoms. The van der Waals surface area contributed by atoms with E-state index in [0.29, 0.717) is 6.42 Å². The van der Waals surface area contributed by atoms with Crippen molar-refractivity contribution >= 4 is 19.8 Å². The molecule has 8 atom stereocenters. The van der Waals surface area contributed by atoms with Gasteiger partial charge in [0.15, 0.2) is 6.10 Å². The van der Waals surface area contributed by atoms with E-state index in [1.54, 1.807) is 0 Å². The first-order valence-electron chi connectivity index (χ1n) is 21.3. The van der Waals surface area contributed by atoms with E-state index < -0.39 is 75.7 Å². The van der Waals surface area contributed by atoms with Gasteiger partial charge in [-0.1, -0.05) is 167 Å². The lowest BCUT2D eigenvalue weighted by Crippen LogP contribution is -2.64. The SMILES string of the molecule is CCCCCCCCCCCCCCCCCCCCCCCCCCCCC(=O)OC[C@H](COP(=O)(O)OC1C(O)C(O)C(O)[C@@H](O)C1O)OC(C)=O. The molecular weight excluding hydrogens is 719 g/mol. The molecule has 0 saturated heterocycles. The number of carbonyl (C=O) groups excluding carboxylic acids is 2. The molecule has 1 saturated carbocycles. The summed E-state index contributed by atoms with van der Waals surface area (Å²) in [4.78, 5) is 33.8. The molecule has 0 amide bonds. The van der Waals surface area contributed by atoms with Crippen LogP contribution in [0.3, 0.4) is 0 Å². The quantitative estimate of drug-likeness (QED) is 0.0211. The number of ether oxygens (including phenoxy) is 2. The van der Waals surface area contributed by atoms with E-state index in [0.717, 1.165) is 26.2 Å². The summed E-state index contributed by atoms with van der Waals surface area (Å²) >= 11 is 0. The fraction of sp³-hybridized carbons (Fsp3) is 0.950. The van der Waals surface area contributed by atoms with Crippen LogP contribution in [0.25, 0.3) is 0 Å². The Labute approximate surface area is 325 Å². The first kappa shape index (κ1) is 50.9. The van der Waals surface area contributed by atoms with E-state index in [1.807, 2.05) is 0 Å². The topological polar surface area (TPSA) is 210 Å². The van der Waals surface area contributed by atoms with Crippen molar-refractivity contribution in [3.8, 4) is 0 Å². The van der Waals surface area contributed by atoms with E-state index in [9.17, 15) is 44.6 Å². The molecule has 0 heterocycles. The second-order valence-corrected chi connectivity index (χ2v) is 16.7. The molecule has 14 heteroatoms. The Bertz CT molecular complexity index is 969. The maximum atomic E-state index is 12.4. The second-order valence-electron chi connectivity index (χ2n) is 15.3. The van der Waals surface area contributed by atoms with E-state index in [2.05, 4.69) is 6.92 Å². The third kappa shape index (κ3) is 25.2. The summed E-state index contributed by atoms with van der Waals surface area (Å²) in [6.45, 7) is 2.18. The Morgan fingerprint density at radius 1 is 0.537 bits per heavy atom. The van der Waals surface area contributed by atoms with Gasteiger partial charge in [-0.2, -0.15) is 0 Å². The predicted octanol–water partition coefficient (Wildman–Crippen LogP) is 7.33. The van der Waals surface area contributed by atoms with Crippen LogP contribution in [0.5, 0.6) is 0 Å². The molecular formula is C40H77O13P. The first-order chi connectivity index (χ1) is 25.9. The predicted molar refractivity (Wildman–Crippen MR) is 208 cm³/mol. The molecule has 0 bridgehead atoms. The van der Waals surface area contributed by atoms with E-state index in [-0.39, 0.29) is 6.42 Å². The van der Waals surface area contributed by atoms with Crippen molar-refractivity contribution in [2.45, 2.75) is 230 Å². The molecule has 0 aliphatic heterocycles. The highest BCUT2D eigenvalue weighted by Crippen LogP contribution is 2.47. The van der Waals surface area contributed by atoms with Crippen molar-refractivity contribution in [3.63, 3.8) is 0 Å². The minimum Gasteiger partial charge on any atom is -0.462 e. The van der Waals surface area contributed by atoms with Crippen LogP contribution in [0.15, 0.2) is 0 Å². The Kier molecular flexibility index (Phi) is 30.0. The van der Waals surface area contributed by atoms with Gasteiger partial charge < -0.3 is 39.9 Å². The maximum Gasteiger partial charge on any atom is 0.472 e. The van der Waals surface area contributed by atoms with Gasteiger partial charge in [0.05, 0.1) is 6.61 Å². The third-order valence-electron chi connectivity index (χ3n) is 10.2. The molecule has 1 aliphatic carbocycles. The number of unbranched alkanes of at least 4 members (excludes halogenated alkanes) is 25. The van der Waals surface area contributed by atoms with Gasteiger partial charge in [-0.25, -0.2) is 4.57 Å². The minimum absolute atomic E-state index is 0.169. The summed E-state index contributed by atoms with van der Waals surface area (Å²) < 4.78 is 32.2. The van der Waals surface area contributed by atoms with E-state index in [4.69, 9.17) is 18.5 Å². The smallest absolute Gasteiger partial charge is 0.462 e. The molecule has 1 fully saturated rings. The normalized spacial score (nSPS) is 23.2. The summed E-state index contributed by atoms with van der Waals surface area (Å²) in [6.07, 6.45) is 20.9. The van der Waals surface area contributed by atoms with Crippen LogP contribution < -0.4 is 0 Å². The van der Waals surface area contributed by atoms with Gasteiger partial charge >= 0.3 is 19.8 Å². The largest absolute Gasteiger partial charge is 0.472 e. The highest BCUT2D eigenvalue weighted by molar-refractivity contribution is 7.47. The van der Waals surface area contributed by atoms with Gasteiger partial charge in [0.2, 0.25) is 0 Å². The Balaban J connectivity index is 2.00. The van der Waals surface area contributed by atoms with Crippen LogP contribution in [0.1, 0.15) is 187 Å². The summed E-state index contributed by atoms with van der Waals surface area (Å²) in [6, 6.07) is 0. The molecule has 1 aliphatic rings. The Hall–Kier alpha value is -1.15. The summed E-state index contributed by atoms with van der Waals surface area (Å²) in [5.74, 6) is -1.28. The summed E-state index contributed by atoms with van der Waals surface area (Å²) in [5.41, 5.74) is 0. The van der Waals surface area contributed by atoms with E-state index >= 15 is 0 Å². The number of hydrogen-bond donors (Lipinski definition) is 6. The molecule has 0 aromatic heterocycles. The van der Waals surface area contributed by atoms with Gasteiger partial charge in [-0.15, -0.1) is 0 Å². The zero-order valence-corrected chi connectivity index (χ0v) is 34.4. The fourth-order valence-electron chi connectivity index (χ4n) is 6.88. The molecule has 1 rings (SSSR count). The lowest BCUT2D eigenvalue weighted by atomic mass is 9.85. The van der Waals surface area contributed by atoms with Crippen molar-refractivity contribution in [1.29, 1.82) is 0 Å². The van der Waals surface area contributed by atoms with Gasteiger partial charge in [-0.3, -0.25) is 18.6 Å². The number of rotatable bonds is 35. The molecule has 13 nitrogen and oxygen atoms in total. The maximum absolute atomic E-state index is 12.4. The number of esters is 2. The Morgan fingerprint density at radius 2 is 0.870 bits per heavy atom. The molecule has 6 N–H and O–H groups in total. The molecule has 0 spiro atoms. The van der Waals surface area contributed by atoms with Crippen LogP contribution in [0.2, 0.25) is 0 Å². The van der Waals surface area contributed by atoms with Crippen LogP contribution in [-0.2, 0) is 32.7 Å². The fourth-order valence-corrected chi connectivity index (χ4v) is 7.85. The summed E-state index contributed by atoms with van der Waals surface area (Å²) in [5, 5.41) is 49.3. The zero-order valence-electron chi connectivity index (χ0n) is 33.5. The number of phosphoric ester groups is 1. The number of phosphoric acid groups is 1. The number of aliphatic hydroxyl groups is 5. The molecule has 6 unspecified atom stereocenters. The molecule has 0 aromatic carbocycles. The number of hydrogen-bond acceptors (Lipinski definition) is 12. The van der Waals surface area contributed by atoms with Crippen molar-refractivity contribution in [1.82, 2.24) is 0 Å². The van der Waals surface area contributed by atoms with Crippen molar-refractivity contribution in [2.75, 3.05) is 13.2 Å². The zero-order chi connectivity index (χ0) is 40.0. The highest BCUT2D eigenvalue weighted by atomic mass is 31.2. The van der Waals surface area contributed by atoms with Crippen LogP contribution in [0.4, 0.5) is 0 Å². The van der Waals surface area contributed by atoms with Crippen LogP contribution in [0, 0.1) is 0 Å². The second kappa shape index (κ2) is 31.9. The van der Waals surface area contributed by atoms with Gasteiger partial charge in [0.1, 0.15) is 43.2 Å². The average Bonchev–Trinajstić information content (AvgIpc) is 3.14. The minimum atomic E-state index is -5.06. The van der Waals surface area contributed by atoms with Crippen LogP contribution in [-0.4, -0.2) is 98.3 Å². The van der Waals surface area contributed by atoms with Gasteiger partial charge in [-0.05, 0) is 6.42 Å². The number of carbonyl (C=O) groups is 2. The third-order valence-corrected chi connectivity index (χ3v) is 11.2. The average molecular weight is 797 g/mol. The molecule has 0 radical (unpaired) electrons. The first-order valence-corrected chi connectivity index (χ1v) is 22.8. The summed E-state index contributed by atoms with van der Waals surface area (Å²) in [7, 11) is -5.06. The Morgan fingerprint density at radius 3 is 1.22 bits per heavy atom.